The zero-order valence-corrected chi connectivity index (χ0v) is 10.6. The van der Waals surface area contributed by atoms with E-state index in [1.807, 2.05) is 0 Å². The highest BCUT2D eigenvalue weighted by Gasteiger charge is 2.13. The molecule has 0 aliphatic carbocycles. The van der Waals surface area contributed by atoms with Gasteiger partial charge in [-0.05, 0) is 6.92 Å². The highest BCUT2D eigenvalue weighted by molar-refractivity contribution is 5.79. The van der Waals surface area contributed by atoms with E-state index in [4.69, 9.17) is 20.1 Å². The number of carboxylic acid groups (broad SMARTS) is 3. The molecule has 0 bridgehead atoms. The third-order valence-corrected chi connectivity index (χ3v) is 1.02. The van der Waals surface area contributed by atoms with E-state index in [0.29, 0.717) is 6.10 Å². The minimum absolute atomic E-state index is 0.583. The molecule has 0 aromatic rings. The summed E-state index contributed by atoms with van der Waals surface area (Å²) in [6, 6.07) is 0. The molecule has 1 unspecified atom stereocenters. The summed E-state index contributed by atoms with van der Waals surface area (Å²) in [4.78, 5) is 27.8. The summed E-state index contributed by atoms with van der Waals surface area (Å²) in [5.74, 6) is -2.94. The average Bonchev–Trinajstić information content (AvgIpc) is 3.13. The van der Waals surface area contributed by atoms with E-state index < -0.39 is 17.9 Å². The van der Waals surface area contributed by atoms with Crippen LogP contribution >= 0.6 is 0 Å². The molecule has 1 atom stereocenters. The third-order valence-electron chi connectivity index (χ3n) is 1.02. The molecule has 0 saturated carbocycles. The summed E-state index contributed by atoms with van der Waals surface area (Å²) in [5.41, 5.74) is 0. The lowest BCUT2D eigenvalue weighted by Crippen LogP contribution is -1.82. The SMILES string of the molecule is C=CC(=O)O.C=CC(=O)O.C=CC(=O)O.CC1CO1. The van der Waals surface area contributed by atoms with Gasteiger partial charge in [-0.15, -0.1) is 0 Å². The van der Waals surface area contributed by atoms with E-state index in [0.717, 1.165) is 24.8 Å². The van der Waals surface area contributed by atoms with E-state index >= 15 is 0 Å². The summed E-state index contributed by atoms with van der Waals surface area (Å²) in [7, 11) is 0. The van der Waals surface area contributed by atoms with Gasteiger partial charge in [0.25, 0.3) is 0 Å². The zero-order chi connectivity index (χ0) is 15.8. The average molecular weight is 274 g/mol. The minimum Gasteiger partial charge on any atom is -0.478 e. The van der Waals surface area contributed by atoms with Crippen LogP contribution in [0.3, 0.4) is 0 Å². The molecule has 1 aliphatic rings. The van der Waals surface area contributed by atoms with Crippen LogP contribution in [0, 0.1) is 0 Å². The van der Waals surface area contributed by atoms with Crippen molar-refractivity contribution in [3.05, 3.63) is 38.0 Å². The van der Waals surface area contributed by atoms with Gasteiger partial charge < -0.3 is 20.1 Å². The molecule has 108 valence electrons. The second-order valence-corrected chi connectivity index (χ2v) is 2.77. The summed E-state index contributed by atoms with van der Waals surface area (Å²) >= 11 is 0. The molecule has 0 aromatic heterocycles. The maximum atomic E-state index is 9.25. The lowest BCUT2D eigenvalue weighted by Gasteiger charge is -1.64. The van der Waals surface area contributed by atoms with Crippen molar-refractivity contribution < 1.29 is 34.4 Å². The third kappa shape index (κ3) is 66.3. The first-order valence-electron chi connectivity index (χ1n) is 4.88. The maximum absolute atomic E-state index is 9.25. The normalized spacial score (nSPS) is 13.4. The molecular weight excluding hydrogens is 256 g/mol. The second-order valence-electron chi connectivity index (χ2n) is 2.77. The Labute approximate surface area is 111 Å². The van der Waals surface area contributed by atoms with Gasteiger partial charge in [0.15, 0.2) is 0 Å². The zero-order valence-electron chi connectivity index (χ0n) is 10.6. The fourth-order valence-electron chi connectivity index (χ4n) is 0.0962. The molecule has 19 heavy (non-hydrogen) atoms. The number of epoxide rings is 1. The highest BCUT2D eigenvalue weighted by Crippen LogP contribution is 2.04. The summed E-state index contributed by atoms with van der Waals surface area (Å²) < 4.78 is 4.71. The summed E-state index contributed by atoms with van der Waals surface area (Å²) in [5, 5.41) is 22.8. The Kier molecular flexibility index (Phi) is 17.9. The van der Waals surface area contributed by atoms with Crippen LogP contribution in [-0.4, -0.2) is 45.9 Å². The van der Waals surface area contributed by atoms with Gasteiger partial charge in [-0.25, -0.2) is 14.4 Å². The number of ether oxygens (including phenoxy) is 1. The van der Waals surface area contributed by atoms with Gasteiger partial charge in [0.1, 0.15) is 0 Å². The van der Waals surface area contributed by atoms with Crippen LogP contribution in [0.4, 0.5) is 0 Å². The van der Waals surface area contributed by atoms with Crippen molar-refractivity contribution in [2.75, 3.05) is 6.61 Å². The van der Waals surface area contributed by atoms with Crippen molar-refractivity contribution in [1.29, 1.82) is 0 Å². The van der Waals surface area contributed by atoms with Crippen LogP contribution < -0.4 is 0 Å². The molecule has 0 amide bonds. The number of carboxylic acids is 3. The van der Waals surface area contributed by atoms with E-state index in [-0.39, 0.29) is 0 Å². The first-order chi connectivity index (χ1) is 8.70. The Morgan fingerprint density at radius 1 is 0.947 bits per heavy atom. The van der Waals surface area contributed by atoms with E-state index in [2.05, 4.69) is 26.7 Å². The van der Waals surface area contributed by atoms with Gasteiger partial charge in [-0.2, -0.15) is 0 Å². The molecule has 1 heterocycles. The molecule has 1 fully saturated rings. The quantitative estimate of drug-likeness (QED) is 0.521. The Bertz CT molecular complexity index is 273. The highest BCUT2D eigenvalue weighted by atomic mass is 16.6. The van der Waals surface area contributed by atoms with Crippen molar-refractivity contribution in [2.45, 2.75) is 13.0 Å². The number of carbonyl (C=O) groups is 3. The standard InChI is InChI=1S/3C3H4O2.C3H6O/c3*1-2-3(4)5;1-3-2-4-3/h3*2H,1H2,(H,4,5);3H,2H2,1H3. The summed E-state index contributed by atoms with van der Waals surface area (Å²) in [6.45, 7) is 11.9. The Balaban J connectivity index is -0.000000180. The maximum Gasteiger partial charge on any atom is 0.327 e. The van der Waals surface area contributed by atoms with Gasteiger partial charge in [0.2, 0.25) is 0 Å². The fourth-order valence-corrected chi connectivity index (χ4v) is 0.0962. The first kappa shape index (κ1) is 21.8. The van der Waals surface area contributed by atoms with Gasteiger partial charge in [-0.3, -0.25) is 0 Å². The van der Waals surface area contributed by atoms with Gasteiger partial charge in [0, 0.05) is 18.2 Å². The van der Waals surface area contributed by atoms with E-state index in [1.165, 1.54) is 0 Å². The number of aliphatic carboxylic acids is 3. The van der Waals surface area contributed by atoms with Crippen LogP contribution in [0.15, 0.2) is 38.0 Å². The lowest BCUT2D eigenvalue weighted by molar-refractivity contribution is -0.132. The van der Waals surface area contributed by atoms with Crippen LogP contribution in [0.5, 0.6) is 0 Å². The molecular formula is C12H18O7. The van der Waals surface area contributed by atoms with Crippen LogP contribution in [0.25, 0.3) is 0 Å². The minimum atomic E-state index is -0.981. The van der Waals surface area contributed by atoms with Gasteiger partial charge in [0.05, 0.1) is 12.7 Å². The number of rotatable bonds is 3. The molecule has 1 rings (SSSR count). The molecule has 0 aromatic carbocycles. The lowest BCUT2D eigenvalue weighted by atomic mass is 10.6. The molecule has 3 N–H and O–H groups in total. The molecule has 0 spiro atoms. The van der Waals surface area contributed by atoms with Gasteiger partial charge >= 0.3 is 17.9 Å². The predicted octanol–water partition coefficient (Wildman–Crippen LogP) is 1.18. The van der Waals surface area contributed by atoms with Crippen LogP contribution in [0.1, 0.15) is 6.92 Å². The first-order valence-corrected chi connectivity index (χ1v) is 4.88. The molecule has 1 saturated heterocycles. The Morgan fingerprint density at radius 3 is 1.05 bits per heavy atom. The van der Waals surface area contributed by atoms with E-state index in [9.17, 15) is 14.4 Å². The predicted molar refractivity (Wildman–Crippen MR) is 68.9 cm³/mol. The molecule has 7 nitrogen and oxygen atoms in total. The van der Waals surface area contributed by atoms with Crippen LogP contribution in [0.2, 0.25) is 0 Å². The molecule has 0 radical (unpaired) electrons. The second kappa shape index (κ2) is 15.6. The number of hydrogen-bond acceptors (Lipinski definition) is 4. The monoisotopic (exact) mass is 274 g/mol. The number of hydrogen-bond donors (Lipinski definition) is 3. The Hall–Kier alpha value is -2.41. The largest absolute Gasteiger partial charge is 0.478 e. The van der Waals surface area contributed by atoms with Crippen molar-refractivity contribution in [1.82, 2.24) is 0 Å². The van der Waals surface area contributed by atoms with Crippen LogP contribution in [-0.2, 0) is 19.1 Å². The van der Waals surface area contributed by atoms with Crippen molar-refractivity contribution in [3.63, 3.8) is 0 Å². The van der Waals surface area contributed by atoms with Crippen molar-refractivity contribution in [3.8, 4) is 0 Å². The summed E-state index contributed by atoms with van der Waals surface area (Å²) in [6.07, 6.45) is 3.08. The van der Waals surface area contributed by atoms with Crippen molar-refractivity contribution >= 4 is 17.9 Å². The topological polar surface area (TPSA) is 124 Å². The fraction of sp³-hybridized carbons (Fsp3) is 0.250. The molecule has 7 heteroatoms. The van der Waals surface area contributed by atoms with E-state index in [1.54, 1.807) is 0 Å². The van der Waals surface area contributed by atoms with Crippen molar-refractivity contribution in [2.24, 2.45) is 0 Å². The smallest absolute Gasteiger partial charge is 0.327 e. The molecule has 1 aliphatic heterocycles. The van der Waals surface area contributed by atoms with Gasteiger partial charge in [-0.1, -0.05) is 19.7 Å². The Morgan fingerprint density at radius 2 is 1.05 bits per heavy atom.